The average molecular weight is 402 g/mol. The van der Waals surface area contributed by atoms with E-state index < -0.39 is 11.4 Å². The fourth-order valence-corrected chi connectivity index (χ4v) is 5.16. The van der Waals surface area contributed by atoms with Crippen molar-refractivity contribution in [1.29, 1.82) is 0 Å². The number of hydrogen-bond acceptors (Lipinski definition) is 5. The third kappa shape index (κ3) is 2.89. The lowest BCUT2D eigenvalue weighted by atomic mass is 10.2. The zero-order valence-corrected chi connectivity index (χ0v) is 16.7. The van der Waals surface area contributed by atoms with Crippen LogP contribution in [-0.4, -0.2) is 44.5 Å². The Morgan fingerprint density at radius 2 is 2.00 bits per heavy atom. The highest BCUT2D eigenvalue weighted by Crippen LogP contribution is 2.47. The van der Waals surface area contributed by atoms with Gasteiger partial charge in [0.25, 0.3) is 0 Å². The molecular formula is C19H20ClN5OS. The number of aromatic nitrogens is 3. The van der Waals surface area contributed by atoms with Gasteiger partial charge in [-0.1, -0.05) is 23.7 Å². The summed E-state index contributed by atoms with van der Waals surface area (Å²) in [7, 11) is 2.01. The molecule has 1 aliphatic heterocycles. The van der Waals surface area contributed by atoms with Gasteiger partial charge in [-0.3, -0.25) is 0 Å². The summed E-state index contributed by atoms with van der Waals surface area (Å²) < 4.78 is 16.6. The van der Waals surface area contributed by atoms with Crippen LogP contribution in [0, 0.1) is 11.8 Å². The molecule has 4 atom stereocenters. The van der Waals surface area contributed by atoms with Gasteiger partial charge < -0.3 is 14.0 Å². The largest absolute Gasteiger partial charge is 0.598 e. The van der Waals surface area contributed by atoms with Gasteiger partial charge in [-0.25, -0.2) is 9.97 Å². The van der Waals surface area contributed by atoms with Gasteiger partial charge in [0.2, 0.25) is 0 Å². The van der Waals surface area contributed by atoms with E-state index in [0.717, 1.165) is 41.3 Å². The van der Waals surface area contributed by atoms with E-state index in [1.54, 1.807) is 12.5 Å². The Labute approximate surface area is 165 Å². The Balaban J connectivity index is 1.44. The van der Waals surface area contributed by atoms with Crippen molar-refractivity contribution in [3.05, 3.63) is 41.6 Å². The highest BCUT2D eigenvalue weighted by molar-refractivity contribution is 7.88. The van der Waals surface area contributed by atoms with Crippen molar-refractivity contribution >= 4 is 39.8 Å². The molecule has 1 aliphatic carbocycles. The minimum atomic E-state index is -0.953. The highest BCUT2D eigenvalue weighted by atomic mass is 35.5. The van der Waals surface area contributed by atoms with E-state index in [1.807, 2.05) is 31.3 Å². The van der Waals surface area contributed by atoms with Crippen LogP contribution >= 0.6 is 11.6 Å². The van der Waals surface area contributed by atoms with Crippen molar-refractivity contribution < 1.29 is 4.55 Å². The molecule has 1 saturated heterocycles. The first-order valence-corrected chi connectivity index (χ1v) is 10.9. The summed E-state index contributed by atoms with van der Waals surface area (Å²) in [6, 6.07) is 10.5. The summed E-state index contributed by atoms with van der Waals surface area (Å²) in [4.78, 5) is 11.6. The molecule has 3 aromatic rings. The Morgan fingerprint density at radius 3 is 2.70 bits per heavy atom. The van der Waals surface area contributed by atoms with E-state index in [9.17, 15) is 4.55 Å². The molecule has 27 heavy (non-hydrogen) atoms. The molecule has 0 bridgehead atoms. The predicted octanol–water partition coefficient (Wildman–Crippen LogP) is 2.61. The Kier molecular flexibility index (Phi) is 4.09. The zero-order valence-electron chi connectivity index (χ0n) is 15.1. The Bertz CT molecular complexity index is 1010. The minimum absolute atomic E-state index is 0.374. The number of hydrogen-bond donors (Lipinski definition) is 1. The molecule has 0 spiro atoms. The molecule has 0 amide bonds. The van der Waals surface area contributed by atoms with Crippen LogP contribution in [0.2, 0.25) is 5.02 Å². The second-order valence-corrected chi connectivity index (χ2v) is 8.89. The lowest BCUT2D eigenvalue weighted by molar-refractivity contribution is 0.575. The van der Waals surface area contributed by atoms with Crippen LogP contribution in [-0.2, 0) is 18.4 Å². The second kappa shape index (κ2) is 6.38. The average Bonchev–Trinajstić information content (AvgIpc) is 2.99. The first-order valence-electron chi connectivity index (χ1n) is 8.95. The maximum absolute atomic E-state index is 11.4. The number of piperidine rings is 1. The molecule has 3 heterocycles. The van der Waals surface area contributed by atoms with E-state index in [-0.39, 0.29) is 0 Å². The third-order valence-electron chi connectivity index (χ3n) is 5.69. The maximum atomic E-state index is 11.4. The number of anilines is 1. The molecule has 1 N–H and O–H groups in total. The van der Waals surface area contributed by atoms with Crippen LogP contribution < -0.4 is 9.62 Å². The summed E-state index contributed by atoms with van der Waals surface area (Å²) in [6.45, 7) is 1.85. The molecule has 1 saturated carbocycles. The molecule has 5 rings (SSSR count). The molecule has 140 valence electrons. The molecule has 2 aliphatic rings. The molecule has 0 radical (unpaired) electrons. The topological polar surface area (TPSA) is 69.0 Å². The van der Waals surface area contributed by atoms with Gasteiger partial charge in [0, 0.05) is 55.1 Å². The molecule has 1 aromatic carbocycles. The summed E-state index contributed by atoms with van der Waals surface area (Å²) in [6.07, 6.45) is 3.40. The Morgan fingerprint density at radius 1 is 1.26 bits per heavy atom. The number of imidazole rings is 1. The number of pyridine rings is 1. The van der Waals surface area contributed by atoms with E-state index >= 15 is 0 Å². The van der Waals surface area contributed by atoms with Crippen LogP contribution in [0.25, 0.3) is 22.4 Å². The molecule has 2 aromatic heterocycles. The lowest BCUT2D eigenvalue weighted by Gasteiger charge is -2.22. The lowest BCUT2D eigenvalue weighted by Crippen LogP contribution is -2.34. The van der Waals surface area contributed by atoms with E-state index in [1.165, 1.54) is 0 Å². The molecule has 8 heteroatoms. The fourth-order valence-electron chi connectivity index (χ4n) is 4.24. The number of para-hydroxylation sites is 2. The SMILES string of the molecule is Cn1c(-c2cc(N3C[C@@H]4[C@H](C3)[C@H]4N[S+](C)[O-])ncc2Cl)nc2ccccc21. The van der Waals surface area contributed by atoms with Gasteiger partial charge in [0.15, 0.2) is 0 Å². The number of rotatable bonds is 4. The van der Waals surface area contributed by atoms with Gasteiger partial charge in [0.1, 0.15) is 17.9 Å². The third-order valence-corrected chi connectivity index (χ3v) is 6.59. The van der Waals surface area contributed by atoms with Gasteiger partial charge in [0.05, 0.1) is 22.1 Å². The predicted molar refractivity (Wildman–Crippen MR) is 109 cm³/mol. The fraction of sp³-hybridized carbons (Fsp3) is 0.368. The van der Waals surface area contributed by atoms with Gasteiger partial charge in [-0.05, 0) is 18.2 Å². The van der Waals surface area contributed by atoms with E-state index in [2.05, 4.69) is 25.2 Å². The summed E-state index contributed by atoms with van der Waals surface area (Å²) >= 11 is 5.52. The Hall–Kier alpha value is -1.80. The maximum Gasteiger partial charge on any atom is 0.142 e. The quantitative estimate of drug-likeness (QED) is 0.680. The van der Waals surface area contributed by atoms with Crippen molar-refractivity contribution in [2.24, 2.45) is 18.9 Å². The summed E-state index contributed by atoms with van der Waals surface area (Å²) in [5.74, 6) is 2.86. The van der Waals surface area contributed by atoms with Crippen molar-refractivity contribution in [2.75, 3.05) is 24.2 Å². The summed E-state index contributed by atoms with van der Waals surface area (Å²) in [5, 5.41) is 0.599. The number of nitrogens with zero attached hydrogens (tertiary/aromatic N) is 4. The second-order valence-electron chi connectivity index (χ2n) is 7.34. The normalized spacial score (nSPS) is 25.0. The highest BCUT2D eigenvalue weighted by Gasteiger charge is 2.57. The van der Waals surface area contributed by atoms with Gasteiger partial charge in [-0.2, -0.15) is 0 Å². The van der Waals surface area contributed by atoms with Crippen molar-refractivity contribution in [1.82, 2.24) is 19.3 Å². The first kappa shape index (κ1) is 17.3. The smallest absolute Gasteiger partial charge is 0.142 e. The molecular weight excluding hydrogens is 382 g/mol. The van der Waals surface area contributed by atoms with Gasteiger partial charge in [-0.15, -0.1) is 4.72 Å². The minimum Gasteiger partial charge on any atom is -0.598 e. The van der Waals surface area contributed by atoms with E-state index in [0.29, 0.717) is 22.9 Å². The first-order chi connectivity index (χ1) is 13.0. The van der Waals surface area contributed by atoms with Crippen LogP contribution in [0.3, 0.4) is 0 Å². The molecule has 1 unspecified atom stereocenters. The number of aryl methyl sites for hydroxylation is 1. The number of benzene rings is 1. The standard InChI is InChI=1S/C19H20ClN5OS/c1-24-16-6-4-3-5-15(16)22-19(24)11-7-17(21-8-14(11)20)25-9-12-13(10-25)18(12)23-27(2)26/h3-8,12-13,18,23H,9-10H2,1-2H3/t12-,13+,18+,27?. The summed E-state index contributed by atoms with van der Waals surface area (Å²) in [5.41, 5.74) is 2.92. The molecule has 2 fully saturated rings. The van der Waals surface area contributed by atoms with Crippen molar-refractivity contribution in [3.63, 3.8) is 0 Å². The monoisotopic (exact) mass is 401 g/mol. The van der Waals surface area contributed by atoms with Crippen LogP contribution in [0.4, 0.5) is 5.82 Å². The number of fused-ring (bicyclic) bond motifs is 2. The van der Waals surface area contributed by atoms with Crippen LogP contribution in [0.5, 0.6) is 0 Å². The van der Waals surface area contributed by atoms with Crippen LogP contribution in [0.1, 0.15) is 0 Å². The van der Waals surface area contributed by atoms with Crippen molar-refractivity contribution in [3.8, 4) is 11.4 Å². The van der Waals surface area contributed by atoms with E-state index in [4.69, 9.17) is 16.6 Å². The van der Waals surface area contributed by atoms with Crippen LogP contribution in [0.15, 0.2) is 36.5 Å². The van der Waals surface area contributed by atoms with Gasteiger partial charge >= 0.3 is 0 Å². The van der Waals surface area contributed by atoms with Crippen molar-refractivity contribution in [2.45, 2.75) is 6.04 Å². The number of halogens is 1. The number of nitrogens with one attached hydrogen (secondary N) is 1. The molecule has 6 nitrogen and oxygen atoms in total. The zero-order chi connectivity index (χ0) is 18.7.